The van der Waals surface area contributed by atoms with E-state index >= 15 is 0 Å². The number of benzene rings is 2. The van der Waals surface area contributed by atoms with Crippen LogP contribution < -0.4 is 44.7 Å². The molecule has 2 atom stereocenters. The Morgan fingerprint density at radius 1 is 0.576 bits per heavy atom. The molecule has 10 N–H and O–H groups in total. The molecule has 0 spiro atoms. The zero-order chi connectivity index (χ0) is 47.4. The summed E-state index contributed by atoms with van der Waals surface area (Å²) in [5, 5.41) is 6.27. The quantitative estimate of drug-likeness (QED) is 0.0560. The van der Waals surface area contributed by atoms with Gasteiger partial charge in [0.25, 0.3) is 22.5 Å². The van der Waals surface area contributed by atoms with Gasteiger partial charge in [-0.25, -0.2) is 47.2 Å². The van der Waals surface area contributed by atoms with Crippen LogP contribution >= 0.6 is 0 Å². The van der Waals surface area contributed by atoms with Gasteiger partial charge in [0.2, 0.25) is 11.9 Å². The second kappa shape index (κ2) is 18.7. The molecule has 0 amide bonds. The first kappa shape index (κ1) is 45.0. The van der Waals surface area contributed by atoms with Crippen LogP contribution in [0.15, 0.2) is 107 Å². The first-order valence-corrected chi connectivity index (χ1v) is 20.0. The molecule has 0 bridgehead atoms. The van der Waals surface area contributed by atoms with E-state index in [4.69, 9.17) is 36.1 Å². The van der Waals surface area contributed by atoms with Crippen LogP contribution in [0, 0.1) is 36.4 Å². The van der Waals surface area contributed by atoms with Gasteiger partial charge in [-0.3, -0.25) is 18.4 Å². The van der Waals surface area contributed by atoms with E-state index in [1.807, 2.05) is 13.8 Å². The zero-order valence-electron chi connectivity index (χ0n) is 35.0. The number of hydrogen-bond donors (Lipinski definition) is 6. The third kappa shape index (κ3) is 9.05. The van der Waals surface area contributed by atoms with Crippen LogP contribution in [0.5, 0.6) is 0 Å². The maximum atomic E-state index is 14.0. The Morgan fingerprint density at radius 2 is 0.970 bits per heavy atom. The van der Waals surface area contributed by atoms with Crippen molar-refractivity contribution in [2.45, 2.75) is 38.8 Å². The van der Waals surface area contributed by atoms with E-state index < -0.39 is 46.5 Å². The van der Waals surface area contributed by atoms with Crippen LogP contribution in [0.3, 0.4) is 0 Å². The van der Waals surface area contributed by atoms with E-state index in [0.29, 0.717) is 46.1 Å². The lowest BCUT2D eigenvalue weighted by molar-refractivity contribution is 0.617. The van der Waals surface area contributed by atoms with Gasteiger partial charge in [0, 0.05) is 23.4 Å². The lowest BCUT2D eigenvalue weighted by Crippen LogP contribution is -2.22. The van der Waals surface area contributed by atoms with Crippen LogP contribution in [-0.4, -0.2) is 28.7 Å². The fourth-order valence-electron chi connectivity index (χ4n) is 7.46. The van der Waals surface area contributed by atoms with Gasteiger partial charge in [-0.05, 0) is 95.8 Å². The fraction of sp³-hybridized carbons (Fsp3) is 0.130. The molecule has 0 saturated carbocycles. The molecule has 6 aromatic heterocycles. The van der Waals surface area contributed by atoms with Crippen LogP contribution in [0.1, 0.15) is 49.9 Å². The maximum absolute atomic E-state index is 14.0. The van der Waals surface area contributed by atoms with Crippen LogP contribution in [-0.2, 0) is 0 Å². The summed E-state index contributed by atoms with van der Waals surface area (Å²) in [6.07, 6.45) is 3.09. The summed E-state index contributed by atoms with van der Waals surface area (Å²) in [5.41, 5.74) is 25.0. The van der Waals surface area contributed by atoms with Crippen molar-refractivity contribution in [1.29, 1.82) is 0 Å². The molecule has 0 fully saturated rings. The number of nitrogens with one attached hydrogen (secondary N) is 2. The first-order chi connectivity index (χ1) is 31.6. The fourth-order valence-corrected chi connectivity index (χ4v) is 7.46. The molecule has 16 nitrogen and oxygen atoms in total. The second-order valence-electron chi connectivity index (χ2n) is 14.6. The summed E-state index contributed by atoms with van der Waals surface area (Å²) in [5.74, 6) is -2.35. The summed E-state index contributed by atoms with van der Waals surface area (Å²) >= 11 is 0. The molecule has 8 rings (SSSR count). The van der Waals surface area contributed by atoms with E-state index in [0.717, 1.165) is 12.4 Å². The van der Waals surface area contributed by atoms with Gasteiger partial charge in [-0.2, -0.15) is 0 Å². The number of anilines is 6. The Kier molecular flexibility index (Phi) is 12.8. The zero-order valence-corrected chi connectivity index (χ0v) is 35.0. The van der Waals surface area contributed by atoms with E-state index in [1.165, 1.54) is 69.5 Å². The van der Waals surface area contributed by atoms with Gasteiger partial charge in [0.1, 0.15) is 46.5 Å². The summed E-state index contributed by atoms with van der Waals surface area (Å²) in [7, 11) is 0. The van der Waals surface area contributed by atoms with E-state index in [9.17, 15) is 27.2 Å². The Morgan fingerprint density at radius 3 is 1.32 bits per heavy atom. The number of pyridine rings is 4. The molecule has 8 aromatic rings. The lowest BCUT2D eigenvalue weighted by atomic mass is 9.94. The molecule has 0 radical (unpaired) electrons. The van der Waals surface area contributed by atoms with Crippen LogP contribution in [0.4, 0.5) is 64.1 Å². The molecule has 20 heteroatoms. The van der Waals surface area contributed by atoms with E-state index in [1.54, 1.807) is 24.3 Å². The standard InChI is InChI=1S/2C23H19F2N7O/c2*1-3-17(29-21-19(28-2)20(26)30-23(27)31-21)16-10-15-8-7-14(25)11-32(15)22(33)18(16)12-5-4-6-13(24)9-12/h2*4-11,17H,3H2,1H3,(H5,26,27,29,30,31)/t2*17-/m10/s1. The molecule has 2 aromatic carbocycles. The number of nitrogens with zero attached hydrogens (tertiary/aromatic N) is 8. The third-order valence-corrected chi connectivity index (χ3v) is 10.4. The van der Waals surface area contributed by atoms with Gasteiger partial charge in [-0.15, -0.1) is 0 Å². The SMILES string of the molecule is [C-]#[N+]c1c(N)nc(N)nc1N[C@@H](CC)c1cc2ccc(F)cn2c(=O)c1-c1cccc(F)c1.[C-]#[N+]c1c(N)nc(N)nc1N[C@H](CC)c1cc2ccc(F)cn2c(=O)c1-c1cccc(F)c1. The van der Waals surface area contributed by atoms with E-state index in [2.05, 4.69) is 40.3 Å². The van der Waals surface area contributed by atoms with Crippen molar-refractivity contribution in [1.82, 2.24) is 28.7 Å². The molecular formula is C46H38F4N14O2. The molecule has 6 heterocycles. The number of nitrogen functional groups attached to an aromatic ring is 4. The van der Waals surface area contributed by atoms with Gasteiger partial charge < -0.3 is 33.6 Å². The third-order valence-electron chi connectivity index (χ3n) is 10.4. The number of halogens is 4. The average Bonchev–Trinajstić information content (AvgIpc) is 3.27. The first-order valence-electron chi connectivity index (χ1n) is 20.0. The largest absolute Gasteiger partial charge is 0.392 e. The summed E-state index contributed by atoms with van der Waals surface area (Å²) in [6, 6.07) is 19.0. The number of rotatable bonds is 10. The summed E-state index contributed by atoms with van der Waals surface area (Å²) in [6.45, 7) is 18.6. The van der Waals surface area contributed by atoms with Crippen molar-refractivity contribution >= 4 is 57.6 Å². The van der Waals surface area contributed by atoms with Crippen molar-refractivity contribution in [2.75, 3.05) is 33.6 Å². The number of hydrogen-bond acceptors (Lipinski definition) is 12. The molecule has 0 unspecified atom stereocenters. The Hall–Kier alpha value is -9.04. The highest BCUT2D eigenvalue weighted by molar-refractivity contribution is 5.80. The van der Waals surface area contributed by atoms with Crippen molar-refractivity contribution < 1.29 is 17.6 Å². The Bertz CT molecular complexity index is 3180. The minimum Gasteiger partial charge on any atom is -0.392 e. The molecular weight excluding hydrogens is 857 g/mol. The van der Waals surface area contributed by atoms with Gasteiger partial charge >= 0.3 is 0 Å². The summed E-state index contributed by atoms with van der Waals surface area (Å²) < 4.78 is 58.2. The van der Waals surface area contributed by atoms with Crippen molar-refractivity contribution in [3.05, 3.63) is 175 Å². The molecule has 66 heavy (non-hydrogen) atoms. The molecule has 0 aliphatic heterocycles. The molecule has 332 valence electrons. The second-order valence-corrected chi connectivity index (χ2v) is 14.6. The topological polar surface area (TPSA) is 231 Å². The predicted octanol–water partition coefficient (Wildman–Crippen LogP) is 8.63. The van der Waals surface area contributed by atoms with Gasteiger partial charge in [0.15, 0.2) is 0 Å². The predicted molar refractivity (Wildman–Crippen MR) is 246 cm³/mol. The summed E-state index contributed by atoms with van der Waals surface area (Å²) in [4.78, 5) is 49.5. The Labute approximate surface area is 372 Å². The monoisotopic (exact) mass is 894 g/mol. The van der Waals surface area contributed by atoms with Crippen molar-refractivity contribution in [3.8, 4) is 22.3 Å². The normalized spacial score (nSPS) is 11.8. The molecule has 0 aliphatic carbocycles. The highest BCUT2D eigenvalue weighted by atomic mass is 19.1. The van der Waals surface area contributed by atoms with E-state index in [-0.39, 0.29) is 57.7 Å². The maximum Gasteiger partial charge on any atom is 0.268 e. The van der Waals surface area contributed by atoms with Crippen molar-refractivity contribution in [3.63, 3.8) is 0 Å². The Balaban J connectivity index is 0.000000196. The number of nitrogens with two attached hydrogens (primary N) is 4. The lowest BCUT2D eigenvalue weighted by Gasteiger charge is -2.23. The number of aromatic nitrogens is 6. The van der Waals surface area contributed by atoms with Crippen LogP contribution in [0.2, 0.25) is 0 Å². The minimum atomic E-state index is -0.582. The van der Waals surface area contributed by atoms with Gasteiger partial charge in [0.05, 0.1) is 36.4 Å². The smallest absolute Gasteiger partial charge is 0.268 e. The molecule has 0 saturated heterocycles. The number of fused-ring (bicyclic) bond motifs is 2. The van der Waals surface area contributed by atoms with Gasteiger partial charge in [-0.1, -0.05) is 38.1 Å². The minimum absolute atomic E-state index is 0.00506. The highest BCUT2D eigenvalue weighted by Crippen LogP contribution is 2.38. The average molecular weight is 895 g/mol. The molecule has 0 aliphatic rings. The van der Waals surface area contributed by atoms with Crippen molar-refractivity contribution in [2.24, 2.45) is 0 Å². The van der Waals surface area contributed by atoms with Crippen LogP contribution in [0.25, 0.3) is 43.0 Å². The highest BCUT2D eigenvalue weighted by Gasteiger charge is 2.25.